The first kappa shape index (κ1) is 39.5. The number of hydrogen-bond donors (Lipinski definition) is 1. The zero-order chi connectivity index (χ0) is 30.2. The monoisotopic (exact) mass is 590 g/mol. The van der Waals surface area contributed by atoms with Gasteiger partial charge in [0.15, 0.2) is 0 Å². The molecule has 0 saturated heterocycles. The standard InChI is InChI=1S/C32H64NO6P/c1-8-9-10-11-12-13-14-15-16-17-18-19-20-21-22-23-24-25-27-36-29-31(39-32(2,3)4)30-38-40(34,35)37-28-26-33(5,6)7/h11-12,17-18,31H,8-10,13-16,19-30H2,1-7H3/p+1/b12-11-,18-17-/t31-/m1/s1. The molecule has 238 valence electrons. The lowest BCUT2D eigenvalue weighted by atomic mass is 10.1. The summed E-state index contributed by atoms with van der Waals surface area (Å²) in [5, 5.41) is 0. The highest BCUT2D eigenvalue weighted by Crippen LogP contribution is 2.43. The van der Waals surface area contributed by atoms with Crippen LogP contribution in [0.4, 0.5) is 0 Å². The number of phosphoric acid groups is 1. The van der Waals surface area contributed by atoms with Crippen molar-refractivity contribution in [3.8, 4) is 0 Å². The molecule has 0 fully saturated rings. The number of unbranched alkanes of at least 4 members (excludes halogenated alkanes) is 11. The lowest BCUT2D eigenvalue weighted by Crippen LogP contribution is -2.37. The van der Waals surface area contributed by atoms with Gasteiger partial charge in [0.25, 0.3) is 0 Å². The predicted molar refractivity (Wildman–Crippen MR) is 169 cm³/mol. The van der Waals surface area contributed by atoms with Gasteiger partial charge in [-0.25, -0.2) is 4.57 Å². The quantitative estimate of drug-likeness (QED) is 0.0447. The van der Waals surface area contributed by atoms with Crippen LogP contribution in [-0.2, 0) is 23.1 Å². The molecule has 1 unspecified atom stereocenters. The molecule has 0 amide bonds. The summed E-state index contributed by atoms with van der Waals surface area (Å²) in [6.45, 7) is 9.74. The number of hydrogen-bond acceptors (Lipinski definition) is 5. The first-order valence-corrected chi connectivity index (χ1v) is 17.3. The molecule has 0 radical (unpaired) electrons. The summed E-state index contributed by atoms with van der Waals surface area (Å²) in [6.07, 6.45) is 26.2. The minimum absolute atomic E-state index is 0.0552. The molecule has 40 heavy (non-hydrogen) atoms. The van der Waals surface area contributed by atoms with Crippen LogP contribution in [0.5, 0.6) is 0 Å². The third-order valence-electron chi connectivity index (χ3n) is 6.22. The molecule has 0 bridgehead atoms. The largest absolute Gasteiger partial charge is 0.472 e. The van der Waals surface area contributed by atoms with Gasteiger partial charge in [-0.2, -0.15) is 0 Å². The van der Waals surface area contributed by atoms with Crippen LogP contribution in [0.3, 0.4) is 0 Å². The van der Waals surface area contributed by atoms with E-state index in [-0.39, 0.29) is 13.2 Å². The number of phosphoric ester groups is 1. The highest BCUT2D eigenvalue weighted by Gasteiger charge is 2.27. The molecule has 2 atom stereocenters. The van der Waals surface area contributed by atoms with Gasteiger partial charge in [-0.05, 0) is 72.1 Å². The highest BCUT2D eigenvalue weighted by atomic mass is 31.2. The summed E-state index contributed by atoms with van der Waals surface area (Å²) in [5.74, 6) is 0. The molecule has 0 spiro atoms. The van der Waals surface area contributed by atoms with Crippen molar-refractivity contribution in [2.24, 2.45) is 0 Å². The van der Waals surface area contributed by atoms with Crippen molar-refractivity contribution in [3.63, 3.8) is 0 Å². The topological polar surface area (TPSA) is 74.2 Å². The number of quaternary nitrogens is 1. The van der Waals surface area contributed by atoms with Crippen LogP contribution in [0.2, 0.25) is 0 Å². The maximum Gasteiger partial charge on any atom is 0.472 e. The van der Waals surface area contributed by atoms with Gasteiger partial charge < -0.3 is 18.9 Å². The van der Waals surface area contributed by atoms with E-state index < -0.39 is 19.5 Å². The second kappa shape index (κ2) is 24.0. The van der Waals surface area contributed by atoms with Crippen molar-refractivity contribution >= 4 is 7.82 Å². The first-order valence-electron chi connectivity index (χ1n) is 15.8. The molecule has 0 aromatic rings. The summed E-state index contributed by atoms with van der Waals surface area (Å²) >= 11 is 0. The number of likely N-dealkylation sites (N-methyl/N-ethyl adjacent to an activating group) is 1. The average molecular weight is 591 g/mol. The second-order valence-corrected chi connectivity index (χ2v) is 14.3. The fourth-order valence-corrected chi connectivity index (χ4v) is 4.71. The number of allylic oxidation sites excluding steroid dienone is 4. The summed E-state index contributed by atoms with van der Waals surface area (Å²) in [6, 6.07) is 0. The molecule has 0 aromatic heterocycles. The van der Waals surface area contributed by atoms with Gasteiger partial charge in [-0.3, -0.25) is 9.05 Å². The third-order valence-corrected chi connectivity index (χ3v) is 7.21. The van der Waals surface area contributed by atoms with E-state index in [1.807, 2.05) is 41.9 Å². The lowest BCUT2D eigenvalue weighted by molar-refractivity contribution is -0.870. The van der Waals surface area contributed by atoms with E-state index in [9.17, 15) is 9.46 Å². The van der Waals surface area contributed by atoms with Gasteiger partial charge in [0.2, 0.25) is 0 Å². The highest BCUT2D eigenvalue weighted by molar-refractivity contribution is 7.47. The Morgan fingerprint density at radius 3 is 1.75 bits per heavy atom. The van der Waals surface area contributed by atoms with Gasteiger partial charge in [-0.1, -0.05) is 69.8 Å². The van der Waals surface area contributed by atoms with Gasteiger partial charge in [0.1, 0.15) is 19.3 Å². The molecule has 0 heterocycles. The predicted octanol–water partition coefficient (Wildman–Crippen LogP) is 8.62. The van der Waals surface area contributed by atoms with E-state index in [1.165, 1.54) is 77.0 Å². The normalized spacial score (nSPS) is 15.3. The summed E-state index contributed by atoms with van der Waals surface area (Å²) < 4.78 is 35.0. The lowest BCUT2D eigenvalue weighted by Gasteiger charge is -2.28. The van der Waals surface area contributed by atoms with E-state index in [0.717, 1.165) is 12.8 Å². The van der Waals surface area contributed by atoms with Crippen molar-refractivity contribution in [1.29, 1.82) is 0 Å². The Kier molecular flexibility index (Phi) is 23.7. The summed E-state index contributed by atoms with van der Waals surface area (Å²) in [7, 11) is 1.85. The number of nitrogens with zero attached hydrogens (tertiary/aromatic N) is 1. The van der Waals surface area contributed by atoms with Crippen molar-refractivity contribution < 1.29 is 32.5 Å². The van der Waals surface area contributed by atoms with E-state index in [2.05, 4.69) is 31.2 Å². The van der Waals surface area contributed by atoms with E-state index in [0.29, 0.717) is 24.2 Å². The number of rotatable bonds is 27. The van der Waals surface area contributed by atoms with Crippen LogP contribution < -0.4 is 0 Å². The molecule has 0 aromatic carbocycles. The van der Waals surface area contributed by atoms with Crippen LogP contribution in [0.1, 0.15) is 118 Å². The average Bonchev–Trinajstić information content (AvgIpc) is 2.84. The molecule has 7 nitrogen and oxygen atoms in total. The Hall–Kier alpha value is -0.530. The SMILES string of the molecule is CCCC/C=C\CCCC/C=C\CCCCCCCCOC[C@H](COP(=O)(O)OCC[N+](C)(C)C)OC(C)(C)C. The second-order valence-electron chi connectivity index (χ2n) is 12.8. The van der Waals surface area contributed by atoms with Gasteiger partial charge >= 0.3 is 7.82 Å². The Morgan fingerprint density at radius 2 is 1.23 bits per heavy atom. The van der Waals surface area contributed by atoms with Crippen molar-refractivity contribution in [1.82, 2.24) is 0 Å². The molecule has 0 aliphatic heterocycles. The Morgan fingerprint density at radius 1 is 0.725 bits per heavy atom. The fraction of sp³-hybridized carbons (Fsp3) is 0.875. The maximum absolute atomic E-state index is 12.2. The van der Waals surface area contributed by atoms with Crippen molar-refractivity contribution in [3.05, 3.63) is 24.3 Å². The van der Waals surface area contributed by atoms with Crippen LogP contribution in [-0.4, -0.2) is 75.2 Å². The minimum Gasteiger partial charge on any atom is -0.379 e. The van der Waals surface area contributed by atoms with E-state index >= 15 is 0 Å². The summed E-state index contributed by atoms with van der Waals surface area (Å²) in [4.78, 5) is 10.0. The van der Waals surface area contributed by atoms with Crippen molar-refractivity contribution in [2.45, 2.75) is 129 Å². The molecule has 0 saturated carbocycles. The molecule has 0 aliphatic carbocycles. The zero-order valence-corrected chi connectivity index (χ0v) is 28.1. The molecule has 0 rings (SSSR count). The van der Waals surface area contributed by atoms with Crippen LogP contribution in [0, 0.1) is 0 Å². The molecular formula is C32H65NO6P+. The number of ether oxygens (including phenoxy) is 2. The third kappa shape index (κ3) is 30.4. The Bertz CT molecular complexity index is 684. The molecule has 8 heteroatoms. The molecule has 1 N–H and O–H groups in total. The van der Waals surface area contributed by atoms with Gasteiger partial charge in [0.05, 0.1) is 40.0 Å². The summed E-state index contributed by atoms with van der Waals surface area (Å²) in [5.41, 5.74) is -0.415. The zero-order valence-electron chi connectivity index (χ0n) is 27.2. The maximum atomic E-state index is 12.2. The fourth-order valence-electron chi connectivity index (χ4n) is 3.97. The molecular weight excluding hydrogens is 525 g/mol. The molecule has 0 aliphatic rings. The minimum atomic E-state index is -4.13. The van der Waals surface area contributed by atoms with Crippen LogP contribution >= 0.6 is 7.82 Å². The Balaban J connectivity index is 3.85. The Labute approximate surface area is 247 Å². The van der Waals surface area contributed by atoms with Crippen LogP contribution in [0.15, 0.2) is 24.3 Å². The van der Waals surface area contributed by atoms with E-state index in [4.69, 9.17) is 18.5 Å². The van der Waals surface area contributed by atoms with Gasteiger partial charge in [-0.15, -0.1) is 0 Å². The van der Waals surface area contributed by atoms with Crippen LogP contribution in [0.25, 0.3) is 0 Å². The van der Waals surface area contributed by atoms with E-state index in [1.54, 1.807) is 0 Å². The van der Waals surface area contributed by atoms with Crippen molar-refractivity contribution in [2.75, 3.05) is 54.1 Å². The van der Waals surface area contributed by atoms with Gasteiger partial charge in [0, 0.05) is 6.61 Å². The smallest absolute Gasteiger partial charge is 0.379 e. The first-order chi connectivity index (χ1) is 18.8.